The minimum atomic E-state index is -0.199. The summed E-state index contributed by atoms with van der Waals surface area (Å²) < 4.78 is 13.8. The van der Waals surface area contributed by atoms with Crippen LogP contribution in [0, 0.1) is 5.82 Å². The summed E-state index contributed by atoms with van der Waals surface area (Å²) >= 11 is 3.27. The van der Waals surface area contributed by atoms with Crippen molar-refractivity contribution in [3.63, 3.8) is 0 Å². The normalized spacial score (nSPS) is 11.1. The Morgan fingerprint density at radius 1 is 1.40 bits per heavy atom. The lowest BCUT2D eigenvalue weighted by Crippen LogP contribution is -2.14. The Morgan fingerprint density at radius 2 is 2.20 bits per heavy atom. The maximum atomic E-state index is 13.0. The van der Waals surface area contributed by atoms with Gasteiger partial charge in [0.25, 0.3) is 0 Å². The van der Waals surface area contributed by atoms with E-state index < -0.39 is 0 Å². The topological polar surface area (TPSA) is 12.0 Å². The summed E-state index contributed by atoms with van der Waals surface area (Å²) in [7, 11) is 0. The van der Waals surface area contributed by atoms with Crippen LogP contribution in [0.4, 0.5) is 4.39 Å². The largest absolute Gasteiger partial charge is 0.312 e. The Bertz CT molecular complexity index is 316. The van der Waals surface area contributed by atoms with Gasteiger partial charge in [0.15, 0.2) is 0 Å². The third-order valence-corrected chi connectivity index (χ3v) is 2.43. The average molecular weight is 272 g/mol. The van der Waals surface area contributed by atoms with Crippen molar-refractivity contribution in [2.45, 2.75) is 19.9 Å². The van der Waals surface area contributed by atoms with Gasteiger partial charge in [-0.15, -0.1) is 0 Å². The lowest BCUT2D eigenvalue weighted by molar-refractivity contribution is 0.619. The van der Waals surface area contributed by atoms with Gasteiger partial charge in [-0.25, -0.2) is 4.39 Å². The van der Waals surface area contributed by atoms with Crippen molar-refractivity contribution in [3.05, 3.63) is 46.2 Å². The highest BCUT2D eigenvalue weighted by Crippen LogP contribution is 2.14. The molecule has 0 atom stereocenters. The van der Waals surface area contributed by atoms with Crippen molar-refractivity contribution < 1.29 is 4.39 Å². The lowest BCUT2D eigenvalue weighted by Gasteiger charge is -2.04. The smallest absolute Gasteiger partial charge is 0.124 e. The molecule has 1 rings (SSSR count). The van der Waals surface area contributed by atoms with Gasteiger partial charge in [0.2, 0.25) is 0 Å². The third-order valence-electron chi connectivity index (χ3n) is 1.97. The van der Waals surface area contributed by atoms with E-state index in [1.807, 2.05) is 19.1 Å². The van der Waals surface area contributed by atoms with Crippen molar-refractivity contribution in [1.82, 2.24) is 5.32 Å². The van der Waals surface area contributed by atoms with Crippen LogP contribution in [0.5, 0.6) is 0 Å². The van der Waals surface area contributed by atoms with Gasteiger partial charge in [0.1, 0.15) is 5.82 Å². The average Bonchev–Trinajstić information content (AvgIpc) is 2.16. The predicted octanol–water partition coefficient (Wildman–Crippen LogP) is 3.64. The summed E-state index contributed by atoms with van der Waals surface area (Å²) in [6, 6.07) is 4.93. The van der Waals surface area contributed by atoms with Crippen LogP contribution in [0.2, 0.25) is 0 Å². The molecule has 0 saturated carbocycles. The monoisotopic (exact) mass is 271 g/mol. The van der Waals surface area contributed by atoms with E-state index in [9.17, 15) is 4.39 Å². The van der Waals surface area contributed by atoms with Gasteiger partial charge in [-0.3, -0.25) is 0 Å². The van der Waals surface area contributed by atoms with E-state index in [1.165, 1.54) is 6.07 Å². The molecule has 1 aromatic carbocycles. The second kappa shape index (κ2) is 6.75. The fraction of sp³-hybridized carbons (Fsp3) is 0.333. The molecular formula is C12H15BrFN. The number of allylic oxidation sites excluding steroid dienone is 1. The number of nitrogens with one attached hydrogen (secondary N) is 1. The first-order valence-corrected chi connectivity index (χ1v) is 5.78. The quantitative estimate of drug-likeness (QED) is 0.637. The first-order chi connectivity index (χ1) is 7.22. The minimum absolute atomic E-state index is 0.199. The lowest BCUT2D eigenvalue weighted by atomic mass is 10.2. The molecule has 0 unspecified atom stereocenters. The number of rotatable bonds is 5. The van der Waals surface area contributed by atoms with E-state index in [2.05, 4.69) is 27.3 Å². The zero-order chi connectivity index (χ0) is 11.1. The zero-order valence-corrected chi connectivity index (χ0v) is 10.3. The molecule has 82 valence electrons. The predicted molar refractivity (Wildman–Crippen MR) is 65.2 cm³/mol. The van der Waals surface area contributed by atoms with E-state index in [1.54, 1.807) is 6.07 Å². The first kappa shape index (κ1) is 12.4. The van der Waals surface area contributed by atoms with Crippen molar-refractivity contribution in [2.75, 3.05) is 6.54 Å². The second-order valence-corrected chi connectivity index (χ2v) is 4.23. The minimum Gasteiger partial charge on any atom is -0.312 e. The number of halogens is 2. The fourth-order valence-corrected chi connectivity index (χ4v) is 1.81. The van der Waals surface area contributed by atoms with Gasteiger partial charge in [-0.1, -0.05) is 28.1 Å². The SMILES string of the molecule is C/C=C/CCNCc1cc(F)cc(Br)c1. The Balaban J connectivity index is 2.37. The number of hydrogen-bond acceptors (Lipinski definition) is 1. The Kier molecular flexibility index (Phi) is 5.58. The summed E-state index contributed by atoms with van der Waals surface area (Å²) in [5, 5.41) is 3.25. The molecular weight excluding hydrogens is 257 g/mol. The van der Waals surface area contributed by atoms with Crippen molar-refractivity contribution in [1.29, 1.82) is 0 Å². The van der Waals surface area contributed by atoms with Crippen LogP contribution in [-0.2, 0) is 6.54 Å². The molecule has 1 N–H and O–H groups in total. The molecule has 1 nitrogen and oxygen atoms in total. The first-order valence-electron chi connectivity index (χ1n) is 4.99. The van der Waals surface area contributed by atoms with Crippen molar-refractivity contribution >= 4 is 15.9 Å². The molecule has 3 heteroatoms. The Labute approximate surface area is 98.5 Å². The van der Waals surface area contributed by atoms with Crippen LogP contribution in [0.1, 0.15) is 18.9 Å². The van der Waals surface area contributed by atoms with E-state index in [4.69, 9.17) is 0 Å². The fourth-order valence-electron chi connectivity index (χ4n) is 1.30. The third kappa shape index (κ3) is 5.09. The molecule has 0 fully saturated rings. The van der Waals surface area contributed by atoms with Crippen LogP contribution >= 0.6 is 15.9 Å². The standard InChI is InChI=1S/C12H15BrFN/c1-2-3-4-5-15-9-10-6-11(13)8-12(14)7-10/h2-3,6-8,15H,4-5,9H2,1H3/b3-2+. The van der Waals surface area contributed by atoms with E-state index in [0.29, 0.717) is 6.54 Å². The number of benzene rings is 1. The van der Waals surface area contributed by atoms with Gasteiger partial charge >= 0.3 is 0 Å². The van der Waals surface area contributed by atoms with Crippen LogP contribution < -0.4 is 5.32 Å². The van der Waals surface area contributed by atoms with Crippen molar-refractivity contribution in [3.8, 4) is 0 Å². The molecule has 0 amide bonds. The van der Waals surface area contributed by atoms with Gasteiger partial charge < -0.3 is 5.32 Å². The summed E-state index contributed by atoms with van der Waals surface area (Å²) in [6.07, 6.45) is 5.14. The molecule has 0 aliphatic carbocycles. The molecule has 0 heterocycles. The van der Waals surface area contributed by atoms with Crippen LogP contribution in [0.3, 0.4) is 0 Å². The molecule has 0 saturated heterocycles. The molecule has 0 bridgehead atoms. The molecule has 0 aliphatic rings. The highest BCUT2D eigenvalue weighted by Gasteiger charge is 1.98. The molecule has 15 heavy (non-hydrogen) atoms. The van der Waals surface area contributed by atoms with Gasteiger partial charge in [0, 0.05) is 11.0 Å². The van der Waals surface area contributed by atoms with Gasteiger partial charge in [-0.2, -0.15) is 0 Å². The van der Waals surface area contributed by atoms with Crippen LogP contribution in [-0.4, -0.2) is 6.54 Å². The van der Waals surface area contributed by atoms with E-state index >= 15 is 0 Å². The summed E-state index contributed by atoms with van der Waals surface area (Å²) in [6.45, 7) is 3.62. The maximum Gasteiger partial charge on any atom is 0.124 e. The molecule has 0 aromatic heterocycles. The molecule has 0 spiro atoms. The highest BCUT2D eigenvalue weighted by molar-refractivity contribution is 9.10. The second-order valence-electron chi connectivity index (χ2n) is 3.31. The molecule has 0 radical (unpaired) electrons. The number of hydrogen-bond donors (Lipinski definition) is 1. The molecule has 0 aliphatic heterocycles. The Hall–Kier alpha value is -0.670. The van der Waals surface area contributed by atoms with Crippen molar-refractivity contribution in [2.24, 2.45) is 0 Å². The van der Waals surface area contributed by atoms with E-state index in [0.717, 1.165) is 23.0 Å². The summed E-state index contributed by atoms with van der Waals surface area (Å²) in [4.78, 5) is 0. The van der Waals surface area contributed by atoms with Crippen LogP contribution in [0.15, 0.2) is 34.8 Å². The molecule has 1 aromatic rings. The van der Waals surface area contributed by atoms with Gasteiger partial charge in [-0.05, 0) is 43.7 Å². The highest BCUT2D eigenvalue weighted by atomic mass is 79.9. The van der Waals surface area contributed by atoms with E-state index in [-0.39, 0.29) is 5.82 Å². The maximum absolute atomic E-state index is 13.0. The Morgan fingerprint density at radius 3 is 2.87 bits per heavy atom. The van der Waals surface area contributed by atoms with Crippen LogP contribution in [0.25, 0.3) is 0 Å². The summed E-state index contributed by atoms with van der Waals surface area (Å²) in [5.74, 6) is -0.199. The van der Waals surface area contributed by atoms with Gasteiger partial charge in [0.05, 0.1) is 0 Å². The zero-order valence-electron chi connectivity index (χ0n) is 8.76. The summed E-state index contributed by atoms with van der Waals surface area (Å²) in [5.41, 5.74) is 0.961.